The summed E-state index contributed by atoms with van der Waals surface area (Å²) in [7, 11) is 0. The Labute approximate surface area is 161 Å². The Kier molecular flexibility index (Phi) is 6.27. The first-order valence-electron chi connectivity index (χ1n) is 8.59. The van der Waals surface area contributed by atoms with Crippen molar-refractivity contribution in [2.75, 3.05) is 10.6 Å². The van der Waals surface area contributed by atoms with Crippen molar-refractivity contribution >= 4 is 34.5 Å². The molecule has 3 aromatic rings. The number of pyridine rings is 1. The number of rotatable bonds is 7. The second-order valence-electron chi connectivity index (χ2n) is 6.04. The van der Waals surface area contributed by atoms with Crippen LogP contribution in [0, 0.1) is 0 Å². The fourth-order valence-corrected chi connectivity index (χ4v) is 3.37. The Hall–Kier alpha value is -3.06. The first kappa shape index (κ1) is 18.7. The summed E-state index contributed by atoms with van der Waals surface area (Å²) in [4.78, 5) is 32.2. The highest BCUT2D eigenvalue weighted by Gasteiger charge is 2.09. The molecule has 0 radical (unpaired) electrons. The number of carbonyl (C=O) groups excluding carboxylic acids is 2. The fourth-order valence-electron chi connectivity index (χ4n) is 2.57. The number of benzene rings is 1. The van der Waals surface area contributed by atoms with Crippen LogP contribution in [0.1, 0.15) is 23.3 Å². The molecule has 2 heterocycles. The maximum absolute atomic E-state index is 12.3. The van der Waals surface area contributed by atoms with Crippen LogP contribution in [0.25, 0.3) is 0 Å². The molecule has 0 saturated carbocycles. The Balaban J connectivity index is 1.52. The van der Waals surface area contributed by atoms with Gasteiger partial charge in [-0.05, 0) is 36.8 Å². The number of nitrogens with zero attached hydrogens (tertiary/aromatic N) is 2. The minimum absolute atomic E-state index is 0.142. The standard InChI is InChI=1S/C20H20N4O2S/c1-14(25)22-16-6-4-7-17(11-16)23-19(26)12-18-13-27-20(24-18)9-8-15-5-2-3-10-21-15/h2-7,10-11,13H,8-9,12H2,1H3,(H,22,25)(H,23,26). The van der Waals surface area contributed by atoms with E-state index < -0.39 is 0 Å². The van der Waals surface area contributed by atoms with Gasteiger partial charge in [0.1, 0.15) is 0 Å². The van der Waals surface area contributed by atoms with Gasteiger partial charge in [-0.3, -0.25) is 14.6 Å². The zero-order chi connectivity index (χ0) is 19.1. The average molecular weight is 380 g/mol. The average Bonchev–Trinajstić information content (AvgIpc) is 3.08. The summed E-state index contributed by atoms with van der Waals surface area (Å²) >= 11 is 1.56. The van der Waals surface area contributed by atoms with Crippen LogP contribution in [0.4, 0.5) is 11.4 Å². The number of carbonyl (C=O) groups is 2. The van der Waals surface area contributed by atoms with Crippen molar-refractivity contribution in [2.45, 2.75) is 26.2 Å². The van der Waals surface area contributed by atoms with Crippen molar-refractivity contribution in [2.24, 2.45) is 0 Å². The van der Waals surface area contributed by atoms with E-state index in [4.69, 9.17) is 0 Å². The molecule has 0 bridgehead atoms. The largest absolute Gasteiger partial charge is 0.326 e. The molecule has 0 unspecified atom stereocenters. The summed E-state index contributed by atoms with van der Waals surface area (Å²) < 4.78 is 0. The first-order valence-corrected chi connectivity index (χ1v) is 9.47. The predicted octanol–water partition coefficient (Wildman–Crippen LogP) is 3.46. The Morgan fingerprint density at radius 2 is 1.81 bits per heavy atom. The summed E-state index contributed by atoms with van der Waals surface area (Å²) in [5, 5.41) is 8.44. The highest BCUT2D eigenvalue weighted by molar-refractivity contribution is 7.09. The van der Waals surface area contributed by atoms with E-state index in [0.717, 1.165) is 29.2 Å². The third-order valence-electron chi connectivity index (χ3n) is 3.73. The molecule has 3 rings (SSSR count). The molecular formula is C20H20N4O2S. The van der Waals surface area contributed by atoms with E-state index >= 15 is 0 Å². The summed E-state index contributed by atoms with van der Waals surface area (Å²) in [6, 6.07) is 12.9. The molecule has 27 heavy (non-hydrogen) atoms. The molecule has 1 aromatic carbocycles. The SMILES string of the molecule is CC(=O)Nc1cccc(NC(=O)Cc2csc(CCc3ccccn3)n2)c1. The number of aromatic nitrogens is 2. The zero-order valence-corrected chi connectivity index (χ0v) is 15.8. The van der Waals surface area contributed by atoms with E-state index in [0.29, 0.717) is 11.4 Å². The molecule has 7 heteroatoms. The second kappa shape index (κ2) is 9.05. The highest BCUT2D eigenvalue weighted by atomic mass is 32.1. The van der Waals surface area contributed by atoms with E-state index in [-0.39, 0.29) is 18.2 Å². The van der Waals surface area contributed by atoms with Gasteiger partial charge in [-0.25, -0.2) is 4.98 Å². The molecule has 0 aliphatic heterocycles. The lowest BCUT2D eigenvalue weighted by atomic mass is 10.2. The Morgan fingerprint density at radius 3 is 2.56 bits per heavy atom. The van der Waals surface area contributed by atoms with Crippen LogP contribution in [-0.4, -0.2) is 21.8 Å². The highest BCUT2D eigenvalue weighted by Crippen LogP contribution is 2.17. The van der Waals surface area contributed by atoms with Crippen LogP contribution in [0.3, 0.4) is 0 Å². The van der Waals surface area contributed by atoms with E-state index in [1.165, 1.54) is 6.92 Å². The number of hydrogen-bond acceptors (Lipinski definition) is 5. The van der Waals surface area contributed by atoms with Crippen LogP contribution in [0.15, 0.2) is 54.0 Å². The molecule has 2 N–H and O–H groups in total. The van der Waals surface area contributed by atoms with Crippen molar-refractivity contribution in [3.8, 4) is 0 Å². The third kappa shape index (κ3) is 6.00. The van der Waals surface area contributed by atoms with Crippen LogP contribution >= 0.6 is 11.3 Å². The number of amides is 2. The van der Waals surface area contributed by atoms with Crippen molar-refractivity contribution in [1.29, 1.82) is 0 Å². The smallest absolute Gasteiger partial charge is 0.230 e. The lowest BCUT2D eigenvalue weighted by molar-refractivity contribution is -0.116. The zero-order valence-electron chi connectivity index (χ0n) is 14.9. The number of thiazole rings is 1. The van der Waals surface area contributed by atoms with E-state index in [1.54, 1.807) is 41.8 Å². The Morgan fingerprint density at radius 1 is 1.00 bits per heavy atom. The first-order chi connectivity index (χ1) is 13.1. The van der Waals surface area contributed by atoms with Gasteiger partial charge >= 0.3 is 0 Å². The quantitative estimate of drug-likeness (QED) is 0.657. The molecule has 0 aliphatic carbocycles. The van der Waals surface area contributed by atoms with E-state index in [2.05, 4.69) is 20.6 Å². The maximum atomic E-state index is 12.3. The molecule has 0 aliphatic rings. The monoisotopic (exact) mass is 380 g/mol. The van der Waals surface area contributed by atoms with Gasteiger partial charge in [0, 0.05) is 42.0 Å². The van der Waals surface area contributed by atoms with Gasteiger partial charge in [0.25, 0.3) is 0 Å². The lowest BCUT2D eigenvalue weighted by Gasteiger charge is -2.07. The second-order valence-corrected chi connectivity index (χ2v) is 6.98. The Bertz CT molecular complexity index is 924. The fraction of sp³-hybridized carbons (Fsp3) is 0.200. The van der Waals surface area contributed by atoms with Crippen LogP contribution in [0.5, 0.6) is 0 Å². The molecule has 0 atom stereocenters. The molecule has 0 spiro atoms. The number of anilines is 2. The number of aryl methyl sites for hydroxylation is 2. The maximum Gasteiger partial charge on any atom is 0.230 e. The van der Waals surface area contributed by atoms with Gasteiger partial charge in [0.2, 0.25) is 11.8 Å². The molecule has 0 saturated heterocycles. The predicted molar refractivity (Wildman–Crippen MR) is 107 cm³/mol. The summed E-state index contributed by atoms with van der Waals surface area (Å²) in [6.45, 7) is 1.44. The van der Waals surface area contributed by atoms with Gasteiger partial charge in [0.05, 0.1) is 17.1 Å². The van der Waals surface area contributed by atoms with Crippen molar-refractivity contribution in [1.82, 2.24) is 9.97 Å². The van der Waals surface area contributed by atoms with Crippen molar-refractivity contribution < 1.29 is 9.59 Å². The third-order valence-corrected chi connectivity index (χ3v) is 4.69. The van der Waals surface area contributed by atoms with E-state index in [9.17, 15) is 9.59 Å². The molecule has 138 valence electrons. The van der Waals surface area contributed by atoms with Crippen LogP contribution in [-0.2, 0) is 28.9 Å². The minimum atomic E-state index is -0.154. The molecule has 2 aromatic heterocycles. The lowest BCUT2D eigenvalue weighted by Crippen LogP contribution is -2.15. The van der Waals surface area contributed by atoms with Gasteiger partial charge in [-0.1, -0.05) is 12.1 Å². The van der Waals surface area contributed by atoms with Gasteiger partial charge in [0.15, 0.2) is 0 Å². The molecule has 6 nitrogen and oxygen atoms in total. The number of nitrogens with one attached hydrogen (secondary N) is 2. The molecule has 2 amide bonds. The van der Waals surface area contributed by atoms with E-state index in [1.807, 2.05) is 23.6 Å². The van der Waals surface area contributed by atoms with Gasteiger partial charge in [-0.2, -0.15) is 0 Å². The summed E-state index contributed by atoms with van der Waals surface area (Å²) in [5.41, 5.74) is 3.07. The van der Waals surface area contributed by atoms with Crippen molar-refractivity contribution in [3.63, 3.8) is 0 Å². The minimum Gasteiger partial charge on any atom is -0.326 e. The van der Waals surface area contributed by atoms with Crippen LogP contribution in [0.2, 0.25) is 0 Å². The normalized spacial score (nSPS) is 10.4. The van der Waals surface area contributed by atoms with Gasteiger partial charge in [-0.15, -0.1) is 11.3 Å². The molecule has 0 fully saturated rings. The summed E-state index contributed by atoms with van der Waals surface area (Å²) in [5.74, 6) is -0.296. The topological polar surface area (TPSA) is 84.0 Å². The summed E-state index contributed by atoms with van der Waals surface area (Å²) in [6.07, 6.45) is 3.64. The van der Waals surface area contributed by atoms with Crippen LogP contribution < -0.4 is 10.6 Å². The number of hydrogen-bond donors (Lipinski definition) is 2. The van der Waals surface area contributed by atoms with Gasteiger partial charge < -0.3 is 10.6 Å². The van der Waals surface area contributed by atoms with Crippen molar-refractivity contribution in [3.05, 3.63) is 70.4 Å². The molecular weight excluding hydrogens is 360 g/mol.